The van der Waals surface area contributed by atoms with Gasteiger partial charge in [-0.2, -0.15) is 0 Å². The molecule has 0 amide bonds. The molecule has 0 radical (unpaired) electrons. The Bertz CT molecular complexity index is 646. The predicted molar refractivity (Wildman–Crippen MR) is 78.8 cm³/mol. The Hall–Kier alpha value is -1.80. The second kappa shape index (κ2) is 4.39. The molecule has 0 fully saturated rings. The molecule has 2 N–H and O–H groups in total. The normalized spacial score (nSPS) is 16.1. The third-order valence-electron chi connectivity index (χ3n) is 4.04. The molecule has 19 heavy (non-hydrogen) atoms. The molecule has 1 atom stereocenters. The minimum Gasteiger partial charge on any atom is -0.497 e. The van der Waals surface area contributed by atoms with Crippen molar-refractivity contribution in [2.45, 2.75) is 19.8 Å². The maximum Gasteiger partial charge on any atom is 0.119 e. The van der Waals surface area contributed by atoms with E-state index in [1.165, 1.54) is 33.4 Å². The fourth-order valence-corrected chi connectivity index (χ4v) is 3.27. The highest BCUT2D eigenvalue weighted by Crippen LogP contribution is 2.47. The van der Waals surface area contributed by atoms with Crippen LogP contribution < -0.4 is 10.5 Å². The first kappa shape index (κ1) is 12.2. The molecule has 0 saturated heterocycles. The van der Waals surface area contributed by atoms with Gasteiger partial charge in [-0.3, -0.25) is 0 Å². The number of fused-ring (bicyclic) bond motifs is 3. The lowest BCUT2D eigenvalue weighted by molar-refractivity contribution is 0.414. The van der Waals surface area contributed by atoms with E-state index in [2.05, 4.69) is 38.1 Å². The smallest absolute Gasteiger partial charge is 0.119 e. The van der Waals surface area contributed by atoms with Crippen molar-refractivity contribution < 1.29 is 4.74 Å². The maximum atomic E-state index is 6.02. The van der Waals surface area contributed by atoms with Crippen molar-refractivity contribution in [3.8, 4) is 16.9 Å². The van der Waals surface area contributed by atoms with Crippen LogP contribution in [0.4, 0.5) is 0 Å². The molecular weight excluding hydrogens is 234 g/mol. The summed E-state index contributed by atoms with van der Waals surface area (Å²) in [5.41, 5.74) is 14.0. The number of methoxy groups -OCH3 is 1. The molecular formula is C17H19NO. The number of nitrogens with two attached hydrogens (primary N) is 1. The summed E-state index contributed by atoms with van der Waals surface area (Å²) < 4.78 is 5.34. The molecule has 2 aromatic carbocycles. The third-order valence-corrected chi connectivity index (χ3v) is 4.04. The first-order valence-corrected chi connectivity index (χ1v) is 6.65. The topological polar surface area (TPSA) is 35.2 Å². The van der Waals surface area contributed by atoms with Crippen molar-refractivity contribution in [2.24, 2.45) is 5.73 Å². The highest BCUT2D eigenvalue weighted by molar-refractivity contribution is 5.81. The van der Waals surface area contributed by atoms with Crippen molar-refractivity contribution >= 4 is 0 Å². The summed E-state index contributed by atoms with van der Waals surface area (Å²) in [5, 5.41) is 0. The van der Waals surface area contributed by atoms with Gasteiger partial charge in [-0.05, 0) is 53.8 Å². The first-order valence-electron chi connectivity index (χ1n) is 6.65. The third kappa shape index (κ3) is 1.75. The van der Waals surface area contributed by atoms with Gasteiger partial charge in [-0.1, -0.05) is 23.8 Å². The van der Waals surface area contributed by atoms with Gasteiger partial charge in [0.05, 0.1) is 7.11 Å². The standard InChI is InChI=1S/C17H19NO/c1-10-6-11(2)17-15(7-10)13-5-4-12(19-3)8-14(13)16(17)9-18/h4-8,16H,9,18H2,1-3H3. The number of hydrogen-bond donors (Lipinski definition) is 1. The number of hydrogen-bond acceptors (Lipinski definition) is 2. The van der Waals surface area contributed by atoms with Gasteiger partial charge in [0.1, 0.15) is 5.75 Å². The van der Waals surface area contributed by atoms with Gasteiger partial charge in [-0.15, -0.1) is 0 Å². The van der Waals surface area contributed by atoms with Crippen LogP contribution >= 0.6 is 0 Å². The molecule has 2 nitrogen and oxygen atoms in total. The summed E-state index contributed by atoms with van der Waals surface area (Å²) in [5.74, 6) is 1.19. The number of rotatable bonds is 2. The van der Waals surface area contributed by atoms with E-state index in [0.29, 0.717) is 12.5 Å². The molecule has 0 spiro atoms. The van der Waals surface area contributed by atoms with Crippen LogP contribution in [0.3, 0.4) is 0 Å². The van der Waals surface area contributed by atoms with Gasteiger partial charge in [0.25, 0.3) is 0 Å². The molecule has 1 aliphatic rings. The summed E-state index contributed by atoms with van der Waals surface area (Å²) in [6.07, 6.45) is 0. The summed E-state index contributed by atoms with van der Waals surface area (Å²) >= 11 is 0. The van der Waals surface area contributed by atoms with E-state index in [4.69, 9.17) is 10.5 Å². The molecule has 2 heteroatoms. The largest absolute Gasteiger partial charge is 0.497 e. The van der Waals surface area contributed by atoms with Crippen LogP contribution in [-0.4, -0.2) is 13.7 Å². The zero-order valence-corrected chi connectivity index (χ0v) is 11.7. The van der Waals surface area contributed by atoms with Gasteiger partial charge in [0, 0.05) is 12.5 Å². The molecule has 3 rings (SSSR count). The van der Waals surface area contributed by atoms with E-state index in [1.54, 1.807) is 7.11 Å². The molecule has 2 aromatic rings. The molecule has 98 valence electrons. The van der Waals surface area contributed by atoms with E-state index < -0.39 is 0 Å². The number of ether oxygens (including phenoxy) is 1. The van der Waals surface area contributed by atoms with Crippen LogP contribution in [0.25, 0.3) is 11.1 Å². The van der Waals surface area contributed by atoms with E-state index in [0.717, 1.165) is 5.75 Å². The van der Waals surface area contributed by atoms with E-state index in [9.17, 15) is 0 Å². The lowest BCUT2D eigenvalue weighted by atomic mass is 9.92. The summed E-state index contributed by atoms with van der Waals surface area (Å²) in [4.78, 5) is 0. The number of benzene rings is 2. The minimum absolute atomic E-state index is 0.292. The van der Waals surface area contributed by atoms with Crippen LogP contribution in [0.1, 0.15) is 28.2 Å². The van der Waals surface area contributed by atoms with Gasteiger partial charge in [-0.25, -0.2) is 0 Å². The highest BCUT2D eigenvalue weighted by atomic mass is 16.5. The Balaban J connectivity index is 2.29. The summed E-state index contributed by atoms with van der Waals surface area (Å²) in [6, 6.07) is 10.8. The molecule has 1 unspecified atom stereocenters. The molecule has 0 aliphatic heterocycles. The van der Waals surface area contributed by atoms with Crippen molar-refractivity contribution in [2.75, 3.05) is 13.7 Å². The molecule has 1 aliphatic carbocycles. The predicted octanol–water partition coefficient (Wildman–Crippen LogP) is 3.38. The molecule has 0 heterocycles. The summed E-state index contributed by atoms with van der Waals surface area (Å²) in [7, 11) is 1.71. The fraction of sp³-hybridized carbons (Fsp3) is 0.294. The summed E-state index contributed by atoms with van der Waals surface area (Å²) in [6.45, 7) is 4.96. The van der Waals surface area contributed by atoms with Crippen LogP contribution in [-0.2, 0) is 0 Å². The minimum atomic E-state index is 0.292. The molecule has 0 saturated carbocycles. The fourth-order valence-electron chi connectivity index (χ4n) is 3.27. The van der Waals surface area contributed by atoms with E-state index in [-0.39, 0.29) is 0 Å². The lowest BCUT2D eigenvalue weighted by Gasteiger charge is -2.14. The Kier molecular flexibility index (Phi) is 2.83. The second-order valence-corrected chi connectivity index (χ2v) is 5.28. The monoisotopic (exact) mass is 253 g/mol. The van der Waals surface area contributed by atoms with Crippen molar-refractivity contribution in [3.63, 3.8) is 0 Å². The van der Waals surface area contributed by atoms with E-state index in [1.807, 2.05) is 6.07 Å². The molecule has 0 bridgehead atoms. The Labute approximate surface area is 114 Å². The van der Waals surface area contributed by atoms with E-state index >= 15 is 0 Å². The van der Waals surface area contributed by atoms with Crippen LogP contribution in [0, 0.1) is 13.8 Å². The second-order valence-electron chi connectivity index (χ2n) is 5.28. The number of aryl methyl sites for hydroxylation is 2. The SMILES string of the molecule is COc1ccc2c(c1)C(CN)c1c(C)cc(C)cc1-2. The highest BCUT2D eigenvalue weighted by Gasteiger charge is 2.29. The maximum absolute atomic E-state index is 6.02. The van der Waals surface area contributed by atoms with Crippen molar-refractivity contribution in [1.29, 1.82) is 0 Å². The Morgan fingerprint density at radius 2 is 1.89 bits per heavy atom. The lowest BCUT2D eigenvalue weighted by Crippen LogP contribution is -2.12. The Morgan fingerprint density at radius 3 is 2.58 bits per heavy atom. The van der Waals surface area contributed by atoms with Crippen molar-refractivity contribution in [1.82, 2.24) is 0 Å². The van der Waals surface area contributed by atoms with Gasteiger partial charge in [0.2, 0.25) is 0 Å². The van der Waals surface area contributed by atoms with Gasteiger partial charge in [0.15, 0.2) is 0 Å². The van der Waals surface area contributed by atoms with Crippen LogP contribution in [0.2, 0.25) is 0 Å². The zero-order valence-electron chi connectivity index (χ0n) is 11.7. The first-order chi connectivity index (χ1) is 9.15. The molecule has 0 aromatic heterocycles. The van der Waals surface area contributed by atoms with Gasteiger partial charge < -0.3 is 10.5 Å². The quantitative estimate of drug-likeness (QED) is 0.890. The van der Waals surface area contributed by atoms with Crippen molar-refractivity contribution in [3.05, 3.63) is 52.6 Å². The van der Waals surface area contributed by atoms with Crippen LogP contribution in [0.5, 0.6) is 5.75 Å². The zero-order chi connectivity index (χ0) is 13.6. The average Bonchev–Trinajstić information content (AvgIpc) is 2.71. The van der Waals surface area contributed by atoms with Gasteiger partial charge >= 0.3 is 0 Å². The van der Waals surface area contributed by atoms with Crippen LogP contribution in [0.15, 0.2) is 30.3 Å². The Morgan fingerprint density at radius 1 is 1.11 bits per heavy atom. The average molecular weight is 253 g/mol.